The molecule has 0 spiro atoms. The van der Waals surface area contributed by atoms with E-state index in [4.69, 9.17) is 5.11 Å². The number of carbonyl (C=O) groups excluding carboxylic acids is 1. The predicted octanol–water partition coefficient (Wildman–Crippen LogP) is 2.14. The van der Waals surface area contributed by atoms with E-state index in [1.54, 1.807) is 11.0 Å². The number of benzene rings is 1. The quantitative estimate of drug-likeness (QED) is 0.851. The molecule has 0 radical (unpaired) electrons. The standard InChI is InChI=1S/C16H18FNO2S/c17-15-6-5-13(4-1-2-9-19)12-14(15)16(20)18-7-3-10-21-11-8-18/h5-6,12,19H,2-3,7-11H2. The van der Waals surface area contributed by atoms with Crippen molar-refractivity contribution >= 4 is 17.7 Å². The van der Waals surface area contributed by atoms with Crippen LogP contribution >= 0.6 is 11.8 Å². The Morgan fingerprint density at radius 3 is 3.05 bits per heavy atom. The molecule has 0 aliphatic carbocycles. The van der Waals surface area contributed by atoms with Crippen molar-refractivity contribution in [2.75, 3.05) is 31.2 Å². The third-order valence-corrected chi connectivity index (χ3v) is 4.22. The monoisotopic (exact) mass is 307 g/mol. The Morgan fingerprint density at radius 1 is 1.38 bits per heavy atom. The third kappa shape index (κ3) is 4.48. The molecule has 0 aromatic heterocycles. The van der Waals surface area contributed by atoms with Crippen molar-refractivity contribution in [3.05, 3.63) is 35.1 Å². The fraction of sp³-hybridized carbons (Fsp3) is 0.438. The van der Waals surface area contributed by atoms with Crippen LogP contribution in [0, 0.1) is 17.7 Å². The number of hydrogen-bond donors (Lipinski definition) is 1. The summed E-state index contributed by atoms with van der Waals surface area (Å²) >= 11 is 1.82. The Hall–Kier alpha value is -1.51. The van der Waals surface area contributed by atoms with Gasteiger partial charge in [0.05, 0.1) is 12.2 Å². The number of amides is 1. The van der Waals surface area contributed by atoms with E-state index in [1.165, 1.54) is 12.1 Å². The lowest BCUT2D eigenvalue weighted by Gasteiger charge is -2.20. The van der Waals surface area contributed by atoms with Gasteiger partial charge in [-0.1, -0.05) is 11.8 Å². The molecule has 1 aromatic rings. The van der Waals surface area contributed by atoms with Gasteiger partial charge in [0.2, 0.25) is 0 Å². The Bertz CT molecular complexity index is 557. The summed E-state index contributed by atoms with van der Waals surface area (Å²) in [5.74, 6) is 6.77. The molecule has 3 nitrogen and oxygen atoms in total. The van der Waals surface area contributed by atoms with Crippen molar-refractivity contribution in [3.63, 3.8) is 0 Å². The van der Waals surface area contributed by atoms with E-state index in [2.05, 4.69) is 11.8 Å². The van der Waals surface area contributed by atoms with Crippen LogP contribution in [0.15, 0.2) is 18.2 Å². The second kappa shape index (κ2) is 8.06. The van der Waals surface area contributed by atoms with E-state index in [9.17, 15) is 9.18 Å². The summed E-state index contributed by atoms with van der Waals surface area (Å²) in [6, 6.07) is 4.33. The Labute approximate surface area is 128 Å². The number of thioether (sulfide) groups is 1. The van der Waals surface area contributed by atoms with Gasteiger partial charge in [0.25, 0.3) is 5.91 Å². The summed E-state index contributed by atoms with van der Waals surface area (Å²) in [5.41, 5.74) is 0.676. The number of hydrogen-bond acceptors (Lipinski definition) is 3. The van der Waals surface area contributed by atoms with Crippen LogP contribution in [0.25, 0.3) is 0 Å². The minimum Gasteiger partial charge on any atom is -0.395 e. The van der Waals surface area contributed by atoms with Crippen molar-refractivity contribution in [2.45, 2.75) is 12.8 Å². The second-order valence-electron chi connectivity index (χ2n) is 4.73. The first-order chi connectivity index (χ1) is 10.2. The number of carbonyl (C=O) groups is 1. The van der Waals surface area contributed by atoms with E-state index in [1.807, 2.05) is 11.8 Å². The highest BCUT2D eigenvalue weighted by atomic mass is 32.2. The lowest BCUT2D eigenvalue weighted by atomic mass is 10.1. The van der Waals surface area contributed by atoms with Crippen molar-refractivity contribution in [2.24, 2.45) is 0 Å². The Kier molecular flexibility index (Phi) is 6.09. The molecule has 1 N–H and O–H groups in total. The zero-order chi connectivity index (χ0) is 15.1. The molecule has 2 rings (SSSR count). The fourth-order valence-electron chi connectivity index (χ4n) is 2.11. The first kappa shape index (κ1) is 15.9. The van der Waals surface area contributed by atoms with Gasteiger partial charge >= 0.3 is 0 Å². The van der Waals surface area contributed by atoms with Gasteiger partial charge in [-0.15, -0.1) is 0 Å². The molecule has 0 unspecified atom stereocenters. The minimum atomic E-state index is -0.510. The summed E-state index contributed by atoms with van der Waals surface area (Å²) in [6.45, 7) is 1.32. The smallest absolute Gasteiger partial charge is 0.256 e. The van der Waals surface area contributed by atoms with E-state index < -0.39 is 5.82 Å². The largest absolute Gasteiger partial charge is 0.395 e. The number of halogens is 1. The van der Waals surface area contributed by atoms with Gasteiger partial charge < -0.3 is 10.0 Å². The van der Waals surface area contributed by atoms with Crippen LogP contribution in [0.1, 0.15) is 28.8 Å². The molecule has 1 saturated heterocycles. The summed E-state index contributed by atoms with van der Waals surface area (Å²) in [4.78, 5) is 14.2. The van der Waals surface area contributed by atoms with Crippen molar-refractivity contribution in [3.8, 4) is 11.8 Å². The summed E-state index contributed by atoms with van der Waals surface area (Å²) in [5, 5.41) is 8.70. The molecule has 1 heterocycles. The van der Waals surface area contributed by atoms with Crippen LogP contribution in [-0.2, 0) is 0 Å². The number of aliphatic hydroxyl groups is 1. The molecule has 112 valence electrons. The van der Waals surface area contributed by atoms with Crippen LogP contribution in [0.3, 0.4) is 0 Å². The van der Waals surface area contributed by atoms with Crippen LogP contribution in [0.5, 0.6) is 0 Å². The molecule has 1 aliphatic rings. The third-order valence-electron chi connectivity index (χ3n) is 3.18. The summed E-state index contributed by atoms with van der Waals surface area (Å²) < 4.78 is 13.9. The van der Waals surface area contributed by atoms with Crippen LogP contribution in [0.2, 0.25) is 0 Å². The average Bonchev–Trinajstić information content (AvgIpc) is 2.77. The molecule has 1 aromatic carbocycles. The molecule has 1 fully saturated rings. The summed E-state index contributed by atoms with van der Waals surface area (Å²) in [6.07, 6.45) is 1.30. The normalized spacial score (nSPS) is 15.0. The lowest BCUT2D eigenvalue weighted by Crippen LogP contribution is -2.33. The van der Waals surface area contributed by atoms with Crippen LogP contribution < -0.4 is 0 Å². The van der Waals surface area contributed by atoms with Crippen LogP contribution in [0.4, 0.5) is 4.39 Å². The van der Waals surface area contributed by atoms with E-state index >= 15 is 0 Å². The molecule has 1 aliphatic heterocycles. The zero-order valence-electron chi connectivity index (χ0n) is 11.8. The molecular formula is C16H18FNO2S. The maximum Gasteiger partial charge on any atom is 0.256 e. The van der Waals surface area contributed by atoms with Gasteiger partial charge in [0.1, 0.15) is 5.82 Å². The fourth-order valence-corrected chi connectivity index (χ4v) is 2.99. The first-order valence-electron chi connectivity index (χ1n) is 6.98. The SMILES string of the molecule is O=C(c1cc(C#CCCO)ccc1F)N1CCCSCC1. The van der Waals surface area contributed by atoms with Gasteiger partial charge in [-0.3, -0.25) is 4.79 Å². The maximum absolute atomic E-state index is 13.9. The van der Waals surface area contributed by atoms with Gasteiger partial charge in [-0.2, -0.15) is 11.8 Å². The van der Waals surface area contributed by atoms with Gasteiger partial charge in [0, 0.05) is 30.8 Å². The molecule has 0 saturated carbocycles. The van der Waals surface area contributed by atoms with Gasteiger partial charge in [-0.05, 0) is 30.4 Å². The average molecular weight is 307 g/mol. The molecule has 0 bridgehead atoms. The highest BCUT2D eigenvalue weighted by Gasteiger charge is 2.20. The Morgan fingerprint density at radius 2 is 2.24 bits per heavy atom. The lowest BCUT2D eigenvalue weighted by molar-refractivity contribution is 0.0764. The first-order valence-corrected chi connectivity index (χ1v) is 8.14. The molecular weight excluding hydrogens is 289 g/mol. The summed E-state index contributed by atoms with van der Waals surface area (Å²) in [7, 11) is 0. The predicted molar refractivity (Wildman–Crippen MR) is 82.8 cm³/mol. The number of rotatable bonds is 2. The number of nitrogens with zero attached hydrogens (tertiary/aromatic N) is 1. The van der Waals surface area contributed by atoms with Crippen LogP contribution in [-0.4, -0.2) is 47.1 Å². The highest BCUT2D eigenvalue weighted by molar-refractivity contribution is 7.99. The maximum atomic E-state index is 13.9. The van der Waals surface area contributed by atoms with E-state index in [0.717, 1.165) is 17.9 Å². The Balaban J connectivity index is 2.19. The van der Waals surface area contributed by atoms with Gasteiger partial charge in [0.15, 0.2) is 0 Å². The second-order valence-corrected chi connectivity index (χ2v) is 5.95. The number of aliphatic hydroxyl groups excluding tert-OH is 1. The van der Waals surface area contributed by atoms with Crippen molar-refractivity contribution in [1.82, 2.24) is 4.90 Å². The molecule has 5 heteroatoms. The van der Waals surface area contributed by atoms with Crippen molar-refractivity contribution < 1.29 is 14.3 Å². The highest BCUT2D eigenvalue weighted by Crippen LogP contribution is 2.16. The van der Waals surface area contributed by atoms with E-state index in [0.29, 0.717) is 25.1 Å². The van der Waals surface area contributed by atoms with Crippen molar-refractivity contribution in [1.29, 1.82) is 0 Å². The zero-order valence-corrected chi connectivity index (χ0v) is 12.6. The molecule has 1 amide bonds. The van der Waals surface area contributed by atoms with Gasteiger partial charge in [-0.25, -0.2) is 4.39 Å². The van der Waals surface area contributed by atoms with E-state index in [-0.39, 0.29) is 18.1 Å². The molecule has 21 heavy (non-hydrogen) atoms. The molecule has 0 atom stereocenters. The minimum absolute atomic E-state index is 0.00851. The topological polar surface area (TPSA) is 40.5 Å².